The van der Waals surface area contributed by atoms with Crippen molar-refractivity contribution in [3.05, 3.63) is 0 Å². The summed E-state index contributed by atoms with van der Waals surface area (Å²) in [6.07, 6.45) is -6.30. The highest BCUT2D eigenvalue weighted by molar-refractivity contribution is 4.80. The van der Waals surface area contributed by atoms with E-state index < -0.39 is 37.8 Å². The van der Waals surface area contributed by atoms with E-state index >= 15 is 0 Å². The quantitative estimate of drug-likeness (QED) is 0.240. The highest BCUT2D eigenvalue weighted by Gasteiger charge is 2.29. The second-order valence-electron chi connectivity index (χ2n) is 2.80. The first-order valence-corrected chi connectivity index (χ1v) is 4.06. The summed E-state index contributed by atoms with van der Waals surface area (Å²) in [6, 6.07) is 0. The minimum absolute atomic E-state index is 0.382. The molecule has 6 N–H and O–H groups in total. The van der Waals surface area contributed by atoms with Crippen LogP contribution in [0.3, 0.4) is 0 Å². The molecule has 0 spiro atoms. The zero-order valence-corrected chi connectivity index (χ0v) is 7.52. The van der Waals surface area contributed by atoms with Crippen LogP contribution in [0.15, 0.2) is 0 Å². The van der Waals surface area contributed by atoms with Gasteiger partial charge in [0.2, 0.25) is 0 Å². The van der Waals surface area contributed by atoms with Gasteiger partial charge in [0.25, 0.3) is 0 Å². The molecule has 0 aromatic rings. The normalized spacial score (nSPS) is 20.1. The molecule has 0 aromatic carbocycles. The smallest absolute Gasteiger partial charge is 0.143 e. The Labute approximate surface area is 80.8 Å². The van der Waals surface area contributed by atoms with E-state index in [2.05, 4.69) is 4.74 Å². The van der Waals surface area contributed by atoms with E-state index in [4.69, 9.17) is 25.5 Å². The molecule has 0 radical (unpaired) electrons. The van der Waals surface area contributed by atoms with Crippen LogP contribution in [0, 0.1) is 0 Å². The molecule has 0 fully saturated rings. The first-order chi connectivity index (χ1) is 6.54. The summed E-state index contributed by atoms with van der Waals surface area (Å²) in [5.74, 6) is 0. The molecule has 0 aromatic heterocycles. The van der Waals surface area contributed by atoms with Crippen LogP contribution in [0.25, 0.3) is 0 Å². The van der Waals surface area contributed by atoms with Gasteiger partial charge in [-0.15, -0.1) is 0 Å². The Bertz CT molecular complexity index is 142. The Morgan fingerprint density at radius 3 is 1.79 bits per heavy atom. The van der Waals surface area contributed by atoms with E-state index in [1.807, 2.05) is 0 Å². The Hall–Kier alpha value is -0.280. The molecule has 0 aliphatic heterocycles. The van der Waals surface area contributed by atoms with Gasteiger partial charge < -0.3 is 35.4 Å². The van der Waals surface area contributed by atoms with Gasteiger partial charge >= 0.3 is 0 Å². The molecular formula is C7H16O7. The highest BCUT2D eigenvalue weighted by Crippen LogP contribution is 2.05. The van der Waals surface area contributed by atoms with E-state index in [0.717, 1.165) is 0 Å². The summed E-state index contributed by atoms with van der Waals surface area (Å²) in [6.45, 7) is -1.74. The van der Waals surface area contributed by atoms with Crippen molar-refractivity contribution in [2.24, 2.45) is 0 Å². The minimum Gasteiger partial charge on any atom is -0.394 e. The molecule has 0 rings (SSSR count). The number of aliphatic hydroxyl groups excluding tert-OH is 6. The van der Waals surface area contributed by atoms with Crippen molar-refractivity contribution in [1.82, 2.24) is 0 Å². The molecule has 86 valence electrons. The van der Waals surface area contributed by atoms with E-state index in [1.165, 1.54) is 0 Å². The predicted molar refractivity (Wildman–Crippen MR) is 44.2 cm³/mol. The SMILES string of the molecule is OCOC[C@@H](O)[C@@H](O)[C@H](O)[C@H](O)CO. The molecule has 0 amide bonds. The van der Waals surface area contributed by atoms with Crippen LogP contribution in [0.1, 0.15) is 0 Å². The maximum Gasteiger partial charge on any atom is 0.143 e. The number of rotatable bonds is 7. The predicted octanol–water partition coefficient (Wildman–Crippen LogP) is -3.61. The lowest BCUT2D eigenvalue weighted by atomic mass is 10.0. The van der Waals surface area contributed by atoms with Crippen molar-refractivity contribution < 1.29 is 35.4 Å². The Kier molecular flexibility index (Phi) is 6.93. The lowest BCUT2D eigenvalue weighted by Crippen LogP contribution is -2.47. The highest BCUT2D eigenvalue weighted by atomic mass is 16.6. The average Bonchev–Trinajstić information content (AvgIpc) is 2.22. The molecule has 0 aliphatic rings. The summed E-state index contributed by atoms with van der Waals surface area (Å²) in [5, 5.41) is 53.0. The number of aliphatic hydroxyl groups is 6. The van der Waals surface area contributed by atoms with E-state index in [-0.39, 0.29) is 6.61 Å². The number of ether oxygens (including phenoxy) is 1. The zero-order valence-electron chi connectivity index (χ0n) is 7.52. The van der Waals surface area contributed by atoms with Gasteiger partial charge in [0.05, 0.1) is 13.2 Å². The van der Waals surface area contributed by atoms with Crippen LogP contribution in [-0.2, 0) is 4.74 Å². The minimum atomic E-state index is -1.67. The van der Waals surface area contributed by atoms with E-state index in [9.17, 15) is 5.11 Å². The molecule has 0 saturated heterocycles. The fourth-order valence-electron chi connectivity index (χ4n) is 0.835. The van der Waals surface area contributed by atoms with Gasteiger partial charge in [-0.1, -0.05) is 0 Å². The third-order valence-electron chi connectivity index (χ3n) is 1.71. The molecular weight excluding hydrogens is 196 g/mol. The van der Waals surface area contributed by atoms with Gasteiger partial charge in [-0.2, -0.15) is 0 Å². The topological polar surface area (TPSA) is 131 Å². The summed E-state index contributed by atoms with van der Waals surface area (Å²) in [5.41, 5.74) is 0. The fraction of sp³-hybridized carbons (Fsp3) is 1.00. The lowest BCUT2D eigenvalue weighted by molar-refractivity contribution is -0.138. The molecule has 0 saturated carbocycles. The number of hydrogen-bond acceptors (Lipinski definition) is 7. The monoisotopic (exact) mass is 212 g/mol. The average molecular weight is 212 g/mol. The van der Waals surface area contributed by atoms with E-state index in [1.54, 1.807) is 0 Å². The second kappa shape index (κ2) is 7.07. The maximum atomic E-state index is 9.18. The van der Waals surface area contributed by atoms with Crippen molar-refractivity contribution in [2.45, 2.75) is 24.4 Å². The molecule has 0 unspecified atom stereocenters. The van der Waals surface area contributed by atoms with Crippen LogP contribution in [0.4, 0.5) is 0 Å². The van der Waals surface area contributed by atoms with Crippen LogP contribution >= 0.6 is 0 Å². The summed E-state index contributed by atoms with van der Waals surface area (Å²) in [4.78, 5) is 0. The van der Waals surface area contributed by atoms with Gasteiger partial charge in [-0.25, -0.2) is 0 Å². The van der Waals surface area contributed by atoms with Crippen LogP contribution in [0.5, 0.6) is 0 Å². The van der Waals surface area contributed by atoms with Crippen molar-refractivity contribution in [3.8, 4) is 0 Å². The largest absolute Gasteiger partial charge is 0.394 e. The standard InChI is InChI=1S/C7H16O7/c8-1-4(10)6(12)7(13)5(11)2-14-3-9/h4-13H,1-3H2/t4-,5-,6-,7-/m1/s1. The van der Waals surface area contributed by atoms with Crippen LogP contribution in [0.2, 0.25) is 0 Å². The third-order valence-corrected chi connectivity index (χ3v) is 1.71. The molecule has 14 heavy (non-hydrogen) atoms. The summed E-state index contributed by atoms with van der Waals surface area (Å²) >= 11 is 0. The van der Waals surface area contributed by atoms with Crippen molar-refractivity contribution in [2.75, 3.05) is 20.0 Å². The van der Waals surface area contributed by atoms with Crippen molar-refractivity contribution in [3.63, 3.8) is 0 Å². The zero-order chi connectivity index (χ0) is 11.1. The molecule has 0 aliphatic carbocycles. The molecule has 7 heteroatoms. The van der Waals surface area contributed by atoms with Crippen LogP contribution in [-0.4, -0.2) is 75.1 Å². The van der Waals surface area contributed by atoms with Gasteiger partial charge in [-0.05, 0) is 0 Å². The second-order valence-corrected chi connectivity index (χ2v) is 2.80. The summed E-state index contributed by atoms with van der Waals surface area (Å²) < 4.78 is 4.37. The van der Waals surface area contributed by atoms with E-state index in [0.29, 0.717) is 0 Å². The molecule has 7 nitrogen and oxygen atoms in total. The lowest BCUT2D eigenvalue weighted by Gasteiger charge is -2.25. The first kappa shape index (κ1) is 13.7. The first-order valence-electron chi connectivity index (χ1n) is 4.06. The van der Waals surface area contributed by atoms with Gasteiger partial charge in [0.1, 0.15) is 31.2 Å². The van der Waals surface area contributed by atoms with Gasteiger partial charge in [0, 0.05) is 0 Å². The molecule has 4 atom stereocenters. The Morgan fingerprint density at radius 1 is 0.857 bits per heavy atom. The van der Waals surface area contributed by atoms with Crippen LogP contribution < -0.4 is 0 Å². The number of hydrogen-bond donors (Lipinski definition) is 6. The van der Waals surface area contributed by atoms with Crippen molar-refractivity contribution >= 4 is 0 Å². The fourth-order valence-corrected chi connectivity index (χ4v) is 0.835. The van der Waals surface area contributed by atoms with Gasteiger partial charge in [-0.3, -0.25) is 0 Å². The Morgan fingerprint density at radius 2 is 1.36 bits per heavy atom. The summed E-state index contributed by atoms with van der Waals surface area (Å²) in [7, 11) is 0. The van der Waals surface area contributed by atoms with Gasteiger partial charge in [0.15, 0.2) is 0 Å². The Balaban J connectivity index is 3.95. The third kappa shape index (κ3) is 4.29. The van der Waals surface area contributed by atoms with Crippen molar-refractivity contribution in [1.29, 1.82) is 0 Å². The molecule has 0 bridgehead atoms. The maximum absolute atomic E-state index is 9.18. The molecule has 0 heterocycles.